The molecule has 1 amide bonds. The third-order valence-corrected chi connectivity index (χ3v) is 6.42. The van der Waals surface area contributed by atoms with Gasteiger partial charge in [-0.2, -0.15) is 0 Å². The van der Waals surface area contributed by atoms with E-state index in [2.05, 4.69) is 10.2 Å². The number of rotatable bonds is 6. The van der Waals surface area contributed by atoms with Crippen LogP contribution in [0.15, 0.2) is 94.9 Å². The molecule has 0 spiro atoms. The number of carbonyl (C=O) groups is 1. The maximum atomic E-state index is 13.3. The van der Waals surface area contributed by atoms with Gasteiger partial charge in [0.05, 0.1) is 23.2 Å². The lowest BCUT2D eigenvalue weighted by molar-refractivity contribution is -0.115. The molecule has 0 N–H and O–H groups in total. The van der Waals surface area contributed by atoms with Crippen molar-refractivity contribution in [1.29, 1.82) is 0 Å². The van der Waals surface area contributed by atoms with Gasteiger partial charge in [0, 0.05) is 12.7 Å². The lowest BCUT2D eigenvalue weighted by Gasteiger charge is -2.16. The molecule has 3 aromatic carbocycles. The van der Waals surface area contributed by atoms with Gasteiger partial charge in [-0.05, 0) is 29.8 Å². The number of para-hydroxylation sites is 2. The zero-order valence-electron chi connectivity index (χ0n) is 18.0. The standard InChI is InChI=1S/C25H21N5O2S/c1-28(19-12-6-3-7-13-19)22(31)17-33-25-27-26-24-29(16-18-10-4-2-5-11-18)23(32)20-14-8-9-15-21(20)30(24)25/h2-15H,16-17H2,1H3. The summed E-state index contributed by atoms with van der Waals surface area (Å²) in [6.07, 6.45) is 0. The highest BCUT2D eigenvalue weighted by molar-refractivity contribution is 7.99. The van der Waals surface area contributed by atoms with Gasteiger partial charge in [-0.3, -0.25) is 18.6 Å². The van der Waals surface area contributed by atoms with Crippen LogP contribution in [0.3, 0.4) is 0 Å². The zero-order chi connectivity index (χ0) is 22.8. The third-order valence-electron chi connectivity index (χ3n) is 5.50. The first kappa shape index (κ1) is 21.0. The molecule has 0 unspecified atom stereocenters. The lowest BCUT2D eigenvalue weighted by atomic mass is 10.2. The first-order chi connectivity index (χ1) is 16.1. The molecule has 8 heteroatoms. The van der Waals surface area contributed by atoms with Crippen molar-refractivity contribution in [2.45, 2.75) is 11.7 Å². The predicted octanol–water partition coefficient (Wildman–Crippen LogP) is 3.85. The lowest BCUT2D eigenvalue weighted by Crippen LogP contribution is -2.28. The summed E-state index contributed by atoms with van der Waals surface area (Å²) in [5.41, 5.74) is 2.42. The van der Waals surface area contributed by atoms with Crippen LogP contribution < -0.4 is 10.5 Å². The van der Waals surface area contributed by atoms with Gasteiger partial charge in [-0.15, -0.1) is 10.2 Å². The summed E-state index contributed by atoms with van der Waals surface area (Å²) >= 11 is 1.31. The maximum Gasteiger partial charge on any atom is 0.263 e. The van der Waals surface area contributed by atoms with Crippen molar-refractivity contribution in [2.24, 2.45) is 0 Å². The SMILES string of the molecule is CN(C(=O)CSc1nnc2n(Cc3ccccc3)c(=O)c3ccccc3n12)c1ccccc1. The molecule has 0 bridgehead atoms. The van der Waals surface area contributed by atoms with E-state index in [0.717, 1.165) is 16.8 Å². The molecule has 0 aliphatic rings. The first-order valence-corrected chi connectivity index (χ1v) is 11.5. The summed E-state index contributed by atoms with van der Waals surface area (Å²) in [5.74, 6) is 0.594. The van der Waals surface area contributed by atoms with Crippen LogP contribution in [0.2, 0.25) is 0 Å². The van der Waals surface area contributed by atoms with Crippen LogP contribution >= 0.6 is 11.8 Å². The summed E-state index contributed by atoms with van der Waals surface area (Å²) in [4.78, 5) is 27.7. The Bertz CT molecular complexity index is 1500. The van der Waals surface area contributed by atoms with E-state index < -0.39 is 0 Å². The average molecular weight is 456 g/mol. The van der Waals surface area contributed by atoms with Crippen molar-refractivity contribution < 1.29 is 4.79 Å². The molecule has 5 aromatic rings. The molecule has 0 fully saturated rings. The van der Waals surface area contributed by atoms with Crippen molar-refractivity contribution in [2.75, 3.05) is 17.7 Å². The second-order valence-electron chi connectivity index (χ2n) is 7.59. The number of hydrogen-bond acceptors (Lipinski definition) is 5. The number of aromatic nitrogens is 4. The molecule has 2 aromatic heterocycles. The van der Waals surface area contributed by atoms with Crippen molar-refractivity contribution in [3.05, 3.63) is 101 Å². The number of anilines is 1. The Morgan fingerprint density at radius 3 is 2.33 bits per heavy atom. The average Bonchev–Trinajstić information content (AvgIpc) is 3.30. The molecule has 0 saturated heterocycles. The number of carbonyl (C=O) groups excluding carboxylic acids is 1. The fourth-order valence-corrected chi connectivity index (χ4v) is 4.61. The monoisotopic (exact) mass is 455 g/mol. The minimum Gasteiger partial charge on any atom is -0.315 e. The number of benzene rings is 3. The highest BCUT2D eigenvalue weighted by Crippen LogP contribution is 2.23. The van der Waals surface area contributed by atoms with Crippen LogP contribution in [-0.4, -0.2) is 37.9 Å². The third kappa shape index (κ3) is 4.01. The Morgan fingerprint density at radius 2 is 1.58 bits per heavy atom. The molecule has 0 saturated carbocycles. The number of thioether (sulfide) groups is 1. The fraction of sp³-hybridized carbons (Fsp3) is 0.120. The molecule has 0 aliphatic heterocycles. The first-order valence-electron chi connectivity index (χ1n) is 10.5. The van der Waals surface area contributed by atoms with Crippen LogP contribution in [0.5, 0.6) is 0 Å². The van der Waals surface area contributed by atoms with E-state index in [-0.39, 0.29) is 17.2 Å². The molecule has 0 aliphatic carbocycles. The maximum absolute atomic E-state index is 13.3. The fourth-order valence-electron chi connectivity index (χ4n) is 3.75. The van der Waals surface area contributed by atoms with E-state index in [1.54, 1.807) is 22.6 Å². The highest BCUT2D eigenvalue weighted by atomic mass is 32.2. The van der Waals surface area contributed by atoms with Gasteiger partial charge < -0.3 is 4.90 Å². The Kier molecular flexibility index (Phi) is 5.66. The summed E-state index contributed by atoms with van der Waals surface area (Å²) < 4.78 is 3.49. The summed E-state index contributed by atoms with van der Waals surface area (Å²) in [7, 11) is 1.76. The Labute approximate surface area is 194 Å². The number of hydrogen-bond donors (Lipinski definition) is 0. The van der Waals surface area contributed by atoms with E-state index >= 15 is 0 Å². The van der Waals surface area contributed by atoms with E-state index in [1.165, 1.54) is 11.8 Å². The van der Waals surface area contributed by atoms with Crippen LogP contribution in [0.4, 0.5) is 5.69 Å². The number of nitrogens with zero attached hydrogens (tertiary/aromatic N) is 5. The van der Waals surface area contributed by atoms with Gasteiger partial charge >= 0.3 is 0 Å². The van der Waals surface area contributed by atoms with E-state index in [0.29, 0.717) is 22.9 Å². The summed E-state index contributed by atoms with van der Waals surface area (Å²) in [5, 5.41) is 9.82. The number of amides is 1. The normalized spacial score (nSPS) is 11.2. The largest absolute Gasteiger partial charge is 0.315 e. The van der Waals surface area contributed by atoms with Gasteiger partial charge in [-0.1, -0.05) is 72.4 Å². The molecule has 33 heavy (non-hydrogen) atoms. The van der Waals surface area contributed by atoms with Crippen LogP contribution in [0.25, 0.3) is 16.7 Å². The Balaban J connectivity index is 1.53. The van der Waals surface area contributed by atoms with E-state index in [4.69, 9.17) is 0 Å². The van der Waals surface area contributed by atoms with Crippen LogP contribution in [0, 0.1) is 0 Å². The molecular weight excluding hydrogens is 434 g/mol. The zero-order valence-corrected chi connectivity index (χ0v) is 18.8. The van der Waals surface area contributed by atoms with Gasteiger partial charge in [0.2, 0.25) is 11.7 Å². The molecule has 2 heterocycles. The Morgan fingerprint density at radius 1 is 0.909 bits per heavy atom. The number of fused-ring (bicyclic) bond motifs is 3. The van der Waals surface area contributed by atoms with Gasteiger partial charge in [0.25, 0.3) is 5.56 Å². The van der Waals surface area contributed by atoms with Crippen molar-refractivity contribution in [3.8, 4) is 0 Å². The second-order valence-corrected chi connectivity index (χ2v) is 8.53. The predicted molar refractivity (Wildman–Crippen MR) is 131 cm³/mol. The molecule has 164 valence electrons. The van der Waals surface area contributed by atoms with E-state index in [1.807, 2.05) is 83.3 Å². The molecule has 5 rings (SSSR count). The van der Waals surface area contributed by atoms with Gasteiger partial charge in [-0.25, -0.2) is 0 Å². The highest BCUT2D eigenvalue weighted by Gasteiger charge is 2.19. The second kappa shape index (κ2) is 8.91. The van der Waals surface area contributed by atoms with Crippen molar-refractivity contribution >= 4 is 40.0 Å². The van der Waals surface area contributed by atoms with Crippen molar-refractivity contribution in [1.82, 2.24) is 19.2 Å². The van der Waals surface area contributed by atoms with Crippen LogP contribution in [-0.2, 0) is 11.3 Å². The molecular formula is C25H21N5O2S. The van der Waals surface area contributed by atoms with Gasteiger partial charge in [0.1, 0.15) is 0 Å². The summed E-state index contributed by atoms with van der Waals surface area (Å²) in [6.45, 7) is 0.381. The van der Waals surface area contributed by atoms with Crippen molar-refractivity contribution in [3.63, 3.8) is 0 Å². The van der Waals surface area contributed by atoms with E-state index in [9.17, 15) is 9.59 Å². The minimum atomic E-state index is -0.120. The quantitative estimate of drug-likeness (QED) is 0.364. The molecule has 0 atom stereocenters. The van der Waals surface area contributed by atoms with Crippen LogP contribution in [0.1, 0.15) is 5.56 Å². The molecule has 7 nitrogen and oxygen atoms in total. The Hall–Kier alpha value is -3.91. The van der Waals surface area contributed by atoms with Gasteiger partial charge in [0.15, 0.2) is 5.16 Å². The molecule has 0 radical (unpaired) electrons. The smallest absolute Gasteiger partial charge is 0.263 e. The summed E-state index contributed by atoms with van der Waals surface area (Å²) in [6, 6.07) is 26.7. The topological polar surface area (TPSA) is 72.5 Å². The minimum absolute atomic E-state index is 0.0511.